The van der Waals surface area contributed by atoms with Crippen LogP contribution in [0, 0.1) is 0 Å². The average Bonchev–Trinajstić information content (AvgIpc) is 2.89. The van der Waals surface area contributed by atoms with Gasteiger partial charge in [0, 0.05) is 19.1 Å². The summed E-state index contributed by atoms with van der Waals surface area (Å²) in [5.41, 5.74) is 7.78. The molecule has 0 spiro atoms. The van der Waals surface area contributed by atoms with Gasteiger partial charge in [-0.2, -0.15) is 11.3 Å². The average molecular weight is 283 g/mol. The van der Waals surface area contributed by atoms with Gasteiger partial charge in [-0.3, -0.25) is 4.90 Å². The fourth-order valence-electron chi connectivity index (χ4n) is 2.40. The monoisotopic (exact) mass is 283 g/mol. The molecule has 1 rings (SSSR count). The summed E-state index contributed by atoms with van der Waals surface area (Å²) >= 11 is 1.76. The summed E-state index contributed by atoms with van der Waals surface area (Å²) in [6.45, 7) is 7.69. The van der Waals surface area contributed by atoms with Crippen LogP contribution >= 0.6 is 11.3 Å². The molecule has 110 valence electrons. The second-order valence-electron chi connectivity index (χ2n) is 5.41. The first-order valence-electron chi connectivity index (χ1n) is 7.26. The third-order valence-electron chi connectivity index (χ3n) is 3.50. The number of hydrogen-bond acceptors (Lipinski definition) is 4. The Morgan fingerprint density at radius 3 is 2.42 bits per heavy atom. The zero-order chi connectivity index (χ0) is 14.3. The van der Waals surface area contributed by atoms with E-state index in [0.29, 0.717) is 6.04 Å². The van der Waals surface area contributed by atoms with Gasteiger partial charge in [0.25, 0.3) is 0 Å². The Morgan fingerprint density at radius 2 is 1.95 bits per heavy atom. The van der Waals surface area contributed by atoms with Gasteiger partial charge in [-0.1, -0.05) is 13.8 Å². The number of likely N-dealkylation sites (N-methyl/N-ethyl adjacent to an activating group) is 1. The van der Waals surface area contributed by atoms with Crippen LogP contribution in [0.4, 0.5) is 0 Å². The maximum absolute atomic E-state index is 6.40. The Kier molecular flexibility index (Phi) is 7.61. The van der Waals surface area contributed by atoms with Crippen LogP contribution in [0.2, 0.25) is 0 Å². The van der Waals surface area contributed by atoms with Crippen LogP contribution in [0.15, 0.2) is 16.8 Å². The highest BCUT2D eigenvalue weighted by molar-refractivity contribution is 7.07. The van der Waals surface area contributed by atoms with Gasteiger partial charge in [0.15, 0.2) is 0 Å². The number of hydrogen-bond donors (Lipinski definition) is 1. The van der Waals surface area contributed by atoms with Crippen molar-refractivity contribution in [2.75, 3.05) is 33.7 Å². The lowest BCUT2D eigenvalue weighted by molar-refractivity contribution is 0.155. The summed E-state index contributed by atoms with van der Waals surface area (Å²) in [4.78, 5) is 4.79. The lowest BCUT2D eigenvalue weighted by Crippen LogP contribution is -2.43. The lowest BCUT2D eigenvalue weighted by Gasteiger charge is -2.35. The van der Waals surface area contributed by atoms with Gasteiger partial charge < -0.3 is 10.6 Å². The van der Waals surface area contributed by atoms with E-state index in [1.165, 1.54) is 12.0 Å². The van der Waals surface area contributed by atoms with Gasteiger partial charge in [0.1, 0.15) is 0 Å². The summed E-state index contributed by atoms with van der Waals surface area (Å²) < 4.78 is 0. The molecular weight excluding hydrogens is 254 g/mol. The number of thiophene rings is 1. The molecule has 0 aliphatic heterocycles. The van der Waals surface area contributed by atoms with Crippen molar-refractivity contribution in [2.24, 2.45) is 5.73 Å². The summed E-state index contributed by atoms with van der Waals surface area (Å²) in [6.07, 6.45) is 2.19. The van der Waals surface area contributed by atoms with E-state index >= 15 is 0 Å². The van der Waals surface area contributed by atoms with Crippen LogP contribution in [-0.4, -0.2) is 49.6 Å². The molecule has 0 fully saturated rings. The fraction of sp³-hybridized carbons (Fsp3) is 0.733. The van der Waals surface area contributed by atoms with Crippen molar-refractivity contribution in [2.45, 2.75) is 38.8 Å². The van der Waals surface area contributed by atoms with Crippen LogP contribution in [0.25, 0.3) is 0 Å². The van der Waals surface area contributed by atoms with Crippen molar-refractivity contribution < 1.29 is 0 Å². The van der Waals surface area contributed by atoms with Crippen molar-refractivity contribution in [3.05, 3.63) is 22.4 Å². The second-order valence-corrected chi connectivity index (χ2v) is 6.19. The fourth-order valence-corrected chi connectivity index (χ4v) is 3.09. The van der Waals surface area contributed by atoms with E-state index in [0.717, 1.165) is 26.1 Å². The minimum Gasteiger partial charge on any atom is -0.326 e. The molecule has 0 aliphatic rings. The Balaban J connectivity index is 2.84. The maximum atomic E-state index is 6.40. The SMILES string of the molecule is CCCN(CCN(C)C)C(c1ccsc1)C(N)CC. The molecule has 2 atom stereocenters. The lowest BCUT2D eigenvalue weighted by atomic mass is 9.98. The summed E-state index contributed by atoms with van der Waals surface area (Å²) in [5, 5.41) is 4.40. The molecule has 0 amide bonds. The second kappa shape index (κ2) is 8.69. The van der Waals surface area contributed by atoms with Crippen molar-refractivity contribution in [1.29, 1.82) is 0 Å². The Labute approximate surface area is 122 Å². The minimum absolute atomic E-state index is 0.211. The first kappa shape index (κ1) is 16.6. The van der Waals surface area contributed by atoms with E-state index in [9.17, 15) is 0 Å². The third-order valence-corrected chi connectivity index (χ3v) is 4.20. The third kappa shape index (κ3) is 5.22. The van der Waals surface area contributed by atoms with E-state index in [2.05, 4.69) is 54.6 Å². The standard InChI is InChI=1S/C15H29N3S/c1-5-8-18(10-9-17(3)4)15(14(16)6-2)13-7-11-19-12-13/h7,11-12,14-15H,5-6,8-10,16H2,1-4H3. The topological polar surface area (TPSA) is 32.5 Å². The smallest absolute Gasteiger partial charge is 0.0507 e. The first-order valence-corrected chi connectivity index (χ1v) is 8.20. The Morgan fingerprint density at radius 1 is 1.21 bits per heavy atom. The van der Waals surface area contributed by atoms with Gasteiger partial charge in [-0.25, -0.2) is 0 Å². The van der Waals surface area contributed by atoms with Crippen molar-refractivity contribution in [3.8, 4) is 0 Å². The molecule has 2 N–H and O–H groups in total. The number of nitrogens with zero attached hydrogens (tertiary/aromatic N) is 2. The highest BCUT2D eigenvalue weighted by atomic mass is 32.1. The van der Waals surface area contributed by atoms with E-state index in [-0.39, 0.29) is 6.04 Å². The Hall–Kier alpha value is -0.420. The molecule has 0 aliphatic carbocycles. The quantitative estimate of drug-likeness (QED) is 0.756. The highest BCUT2D eigenvalue weighted by Crippen LogP contribution is 2.27. The summed E-state index contributed by atoms with van der Waals surface area (Å²) in [7, 11) is 4.26. The van der Waals surface area contributed by atoms with Crippen LogP contribution in [0.5, 0.6) is 0 Å². The predicted molar refractivity (Wildman–Crippen MR) is 85.7 cm³/mol. The minimum atomic E-state index is 0.211. The van der Waals surface area contributed by atoms with E-state index in [4.69, 9.17) is 5.73 Å². The molecule has 0 aromatic carbocycles. The van der Waals surface area contributed by atoms with Crippen LogP contribution in [-0.2, 0) is 0 Å². The van der Waals surface area contributed by atoms with Gasteiger partial charge in [-0.15, -0.1) is 0 Å². The molecule has 1 aromatic rings. The zero-order valence-corrected chi connectivity index (χ0v) is 13.6. The largest absolute Gasteiger partial charge is 0.326 e. The summed E-state index contributed by atoms with van der Waals surface area (Å²) in [6, 6.07) is 2.79. The predicted octanol–water partition coefficient (Wildman–Crippen LogP) is 2.80. The van der Waals surface area contributed by atoms with Crippen molar-refractivity contribution in [3.63, 3.8) is 0 Å². The molecule has 0 saturated carbocycles. The van der Waals surface area contributed by atoms with Gasteiger partial charge in [0.2, 0.25) is 0 Å². The molecule has 0 radical (unpaired) electrons. The molecule has 4 heteroatoms. The highest BCUT2D eigenvalue weighted by Gasteiger charge is 2.25. The molecule has 1 aromatic heterocycles. The van der Waals surface area contributed by atoms with Crippen LogP contribution < -0.4 is 5.73 Å². The molecule has 0 bridgehead atoms. The van der Waals surface area contributed by atoms with Crippen LogP contribution in [0.3, 0.4) is 0 Å². The number of nitrogens with two attached hydrogens (primary N) is 1. The van der Waals surface area contributed by atoms with E-state index in [1.54, 1.807) is 11.3 Å². The Bertz CT molecular complexity index is 324. The molecular formula is C15H29N3S. The van der Waals surface area contributed by atoms with Crippen LogP contribution in [0.1, 0.15) is 38.3 Å². The van der Waals surface area contributed by atoms with E-state index < -0.39 is 0 Å². The van der Waals surface area contributed by atoms with E-state index in [1.807, 2.05) is 0 Å². The molecule has 2 unspecified atom stereocenters. The van der Waals surface area contributed by atoms with Gasteiger partial charge in [-0.05, 0) is 55.9 Å². The van der Waals surface area contributed by atoms with Gasteiger partial charge >= 0.3 is 0 Å². The van der Waals surface area contributed by atoms with Gasteiger partial charge in [0.05, 0.1) is 6.04 Å². The number of rotatable bonds is 9. The maximum Gasteiger partial charge on any atom is 0.0507 e. The first-order chi connectivity index (χ1) is 9.10. The zero-order valence-electron chi connectivity index (χ0n) is 12.8. The molecule has 1 heterocycles. The normalized spacial score (nSPS) is 15.1. The molecule has 0 saturated heterocycles. The molecule has 19 heavy (non-hydrogen) atoms. The summed E-state index contributed by atoms with van der Waals surface area (Å²) in [5.74, 6) is 0. The van der Waals surface area contributed by atoms with Crippen molar-refractivity contribution >= 4 is 11.3 Å². The molecule has 3 nitrogen and oxygen atoms in total. The van der Waals surface area contributed by atoms with Crippen molar-refractivity contribution in [1.82, 2.24) is 9.80 Å².